The van der Waals surface area contributed by atoms with Gasteiger partial charge in [0.1, 0.15) is 11.5 Å². The molecule has 0 saturated carbocycles. The highest BCUT2D eigenvalue weighted by molar-refractivity contribution is 6.14. The lowest BCUT2D eigenvalue weighted by Gasteiger charge is -2.42. The number of nitrogens with zero attached hydrogens (tertiary/aromatic N) is 2. The molecule has 3 atom stereocenters. The van der Waals surface area contributed by atoms with Crippen molar-refractivity contribution in [2.75, 3.05) is 32.8 Å². The number of hydrogen-bond donors (Lipinski definition) is 1. The summed E-state index contributed by atoms with van der Waals surface area (Å²) in [5.41, 5.74) is 0.870. The molecule has 0 unspecified atom stereocenters. The van der Waals surface area contributed by atoms with Gasteiger partial charge >= 0.3 is 17.9 Å². The van der Waals surface area contributed by atoms with Crippen molar-refractivity contribution < 1.29 is 28.6 Å². The average molecular weight is 437 g/mol. The zero-order valence-electron chi connectivity index (χ0n) is 18.2. The number of nitrogens with one attached hydrogen (secondary N) is 1. The topological polar surface area (TPSA) is 107 Å². The van der Waals surface area contributed by atoms with Gasteiger partial charge in [0, 0.05) is 5.69 Å². The zero-order valence-corrected chi connectivity index (χ0v) is 18.2. The minimum atomic E-state index is -0.897. The maximum absolute atomic E-state index is 13.0. The molecule has 0 saturated heterocycles. The quantitative estimate of drug-likeness (QED) is 0.417. The molecule has 9 heteroatoms. The first kappa shape index (κ1) is 21.4. The van der Waals surface area contributed by atoms with Crippen LogP contribution in [0.25, 0.3) is 0 Å². The van der Waals surface area contributed by atoms with E-state index in [4.69, 9.17) is 14.2 Å². The SMILES string of the molecule is CC#CCN1c2ccccc2[C@]23C[C@@H](C(=O)OC)N=C2NC(C(=O)OC)=C(C(=O)OC)[C@H]13. The number of rotatable bonds is 4. The molecule has 1 N–H and O–H groups in total. The van der Waals surface area contributed by atoms with Gasteiger partial charge in [0.25, 0.3) is 0 Å². The van der Waals surface area contributed by atoms with Crippen LogP contribution in [-0.2, 0) is 34.0 Å². The highest BCUT2D eigenvalue weighted by Gasteiger charge is 2.64. The Morgan fingerprint density at radius 2 is 1.88 bits per heavy atom. The van der Waals surface area contributed by atoms with Crippen LogP contribution in [0.4, 0.5) is 5.69 Å². The van der Waals surface area contributed by atoms with Crippen LogP contribution in [-0.4, -0.2) is 63.7 Å². The first-order chi connectivity index (χ1) is 15.4. The number of carbonyl (C=O) groups excluding carboxylic acids is 3. The summed E-state index contributed by atoms with van der Waals surface area (Å²) in [6, 6.07) is 6.16. The van der Waals surface area contributed by atoms with Gasteiger partial charge in [-0.2, -0.15) is 0 Å². The Hall–Kier alpha value is -3.80. The highest BCUT2D eigenvalue weighted by atomic mass is 16.5. The lowest BCUT2D eigenvalue weighted by Crippen LogP contribution is -2.60. The summed E-state index contributed by atoms with van der Waals surface area (Å²) in [7, 11) is 3.78. The second kappa shape index (κ2) is 8.04. The molecule has 3 aliphatic rings. The molecule has 0 bridgehead atoms. The summed E-state index contributed by atoms with van der Waals surface area (Å²) in [6.45, 7) is 2.03. The molecule has 32 heavy (non-hydrogen) atoms. The Balaban J connectivity index is 2.03. The van der Waals surface area contributed by atoms with Gasteiger partial charge in [-0.05, 0) is 25.0 Å². The molecular weight excluding hydrogens is 414 g/mol. The molecule has 9 nitrogen and oxygen atoms in total. The Labute approximate surface area is 185 Å². The second-order valence-electron chi connectivity index (χ2n) is 7.56. The number of esters is 3. The normalized spacial score (nSPS) is 24.8. The van der Waals surface area contributed by atoms with Crippen molar-refractivity contribution in [1.29, 1.82) is 0 Å². The number of benzene rings is 1. The number of methoxy groups -OCH3 is 3. The smallest absolute Gasteiger partial charge is 0.355 e. The predicted molar refractivity (Wildman–Crippen MR) is 115 cm³/mol. The number of carbonyl (C=O) groups is 3. The van der Waals surface area contributed by atoms with Crippen LogP contribution in [0.15, 0.2) is 40.5 Å². The van der Waals surface area contributed by atoms with Gasteiger partial charge in [0.15, 0.2) is 6.04 Å². The van der Waals surface area contributed by atoms with Crippen LogP contribution < -0.4 is 10.2 Å². The molecular formula is C23H23N3O6. The van der Waals surface area contributed by atoms with E-state index in [9.17, 15) is 14.4 Å². The third-order valence-corrected chi connectivity index (χ3v) is 6.18. The third kappa shape index (κ3) is 2.87. The summed E-state index contributed by atoms with van der Waals surface area (Å²) in [5.74, 6) is 4.44. The number of hydrogen-bond acceptors (Lipinski definition) is 9. The van der Waals surface area contributed by atoms with Gasteiger partial charge < -0.3 is 24.4 Å². The maximum Gasteiger partial charge on any atom is 0.355 e. The van der Waals surface area contributed by atoms with Crippen molar-refractivity contribution in [3.63, 3.8) is 0 Å². The van der Waals surface area contributed by atoms with Gasteiger partial charge in [-0.25, -0.2) is 14.4 Å². The number of fused-ring (bicyclic) bond motifs is 1. The molecule has 3 heterocycles. The van der Waals surface area contributed by atoms with Crippen molar-refractivity contribution in [1.82, 2.24) is 5.32 Å². The van der Waals surface area contributed by atoms with E-state index in [-0.39, 0.29) is 17.7 Å². The number of amidine groups is 1. The average Bonchev–Trinajstić information content (AvgIpc) is 3.35. The first-order valence-corrected chi connectivity index (χ1v) is 10.0. The van der Waals surface area contributed by atoms with Crippen molar-refractivity contribution in [3.8, 4) is 11.8 Å². The van der Waals surface area contributed by atoms with E-state index < -0.39 is 35.4 Å². The largest absolute Gasteiger partial charge is 0.467 e. The Morgan fingerprint density at radius 1 is 1.16 bits per heavy atom. The van der Waals surface area contributed by atoms with Gasteiger partial charge in [0.2, 0.25) is 0 Å². The molecule has 0 aromatic heterocycles. The van der Waals surface area contributed by atoms with E-state index in [1.54, 1.807) is 6.92 Å². The molecule has 4 rings (SSSR count). The molecule has 166 valence electrons. The van der Waals surface area contributed by atoms with Gasteiger partial charge in [-0.15, -0.1) is 5.92 Å². The molecule has 0 radical (unpaired) electrons. The standard InChI is InChI=1S/C23H23N3O6/c1-5-6-11-26-15-10-8-7-9-13(15)23-12-14(19(27)30-2)24-22(23)25-17(21(29)32-4)16(18(23)26)20(28)31-3/h7-10,14,18H,11-12H2,1-4H3,(H,24,25)/t14-,18-,23-/m0/s1. The molecule has 1 aromatic carbocycles. The number of para-hydroxylation sites is 1. The zero-order chi connectivity index (χ0) is 23.0. The summed E-state index contributed by atoms with van der Waals surface area (Å²) < 4.78 is 15.0. The number of aliphatic imine (C=N–C) groups is 1. The van der Waals surface area contributed by atoms with Crippen LogP contribution >= 0.6 is 0 Å². The molecule has 3 aliphatic heterocycles. The number of ether oxygens (including phenoxy) is 3. The van der Waals surface area contributed by atoms with E-state index in [0.717, 1.165) is 11.3 Å². The molecule has 0 aliphatic carbocycles. The Bertz CT molecular complexity index is 1130. The lowest BCUT2D eigenvalue weighted by molar-refractivity contribution is -0.142. The summed E-state index contributed by atoms with van der Waals surface area (Å²) in [6.07, 6.45) is 0.259. The fourth-order valence-electron chi connectivity index (χ4n) is 4.92. The first-order valence-electron chi connectivity index (χ1n) is 10.0. The van der Waals surface area contributed by atoms with Crippen LogP contribution in [0.5, 0.6) is 0 Å². The third-order valence-electron chi connectivity index (χ3n) is 6.18. The van der Waals surface area contributed by atoms with Crippen LogP contribution in [0.1, 0.15) is 18.9 Å². The monoisotopic (exact) mass is 437 g/mol. The molecule has 0 fully saturated rings. The van der Waals surface area contributed by atoms with Crippen LogP contribution in [0.3, 0.4) is 0 Å². The van der Waals surface area contributed by atoms with Crippen LogP contribution in [0, 0.1) is 11.8 Å². The van der Waals surface area contributed by atoms with E-state index in [1.807, 2.05) is 29.2 Å². The molecule has 0 amide bonds. The van der Waals surface area contributed by atoms with Crippen molar-refractivity contribution >= 4 is 29.4 Å². The van der Waals surface area contributed by atoms with Crippen molar-refractivity contribution in [2.24, 2.45) is 4.99 Å². The Morgan fingerprint density at radius 3 is 2.53 bits per heavy atom. The Kier molecular flexibility index (Phi) is 5.38. The maximum atomic E-state index is 13.0. The van der Waals surface area contributed by atoms with E-state index in [0.29, 0.717) is 12.4 Å². The van der Waals surface area contributed by atoms with Crippen LogP contribution in [0.2, 0.25) is 0 Å². The summed E-state index contributed by atoms with van der Waals surface area (Å²) >= 11 is 0. The fraction of sp³-hybridized carbons (Fsp3) is 0.391. The van der Waals surface area contributed by atoms with E-state index in [1.165, 1.54) is 21.3 Å². The predicted octanol–water partition coefficient (Wildman–Crippen LogP) is 0.683. The number of anilines is 1. The van der Waals surface area contributed by atoms with Gasteiger partial charge in [0.05, 0.1) is 44.9 Å². The van der Waals surface area contributed by atoms with Gasteiger partial charge in [-0.3, -0.25) is 4.99 Å². The fourth-order valence-corrected chi connectivity index (χ4v) is 4.92. The molecule has 1 aromatic rings. The minimum Gasteiger partial charge on any atom is -0.467 e. The van der Waals surface area contributed by atoms with Crippen molar-refractivity contribution in [2.45, 2.75) is 30.8 Å². The molecule has 1 spiro atoms. The van der Waals surface area contributed by atoms with E-state index >= 15 is 0 Å². The summed E-state index contributed by atoms with van der Waals surface area (Å²) in [5, 5.41) is 3.00. The summed E-state index contributed by atoms with van der Waals surface area (Å²) in [4.78, 5) is 44.7. The lowest BCUT2D eigenvalue weighted by atomic mass is 9.68. The highest BCUT2D eigenvalue weighted by Crippen LogP contribution is 2.55. The second-order valence-corrected chi connectivity index (χ2v) is 7.56. The van der Waals surface area contributed by atoms with E-state index in [2.05, 4.69) is 22.2 Å². The van der Waals surface area contributed by atoms with Gasteiger partial charge in [-0.1, -0.05) is 24.1 Å². The van der Waals surface area contributed by atoms with Crippen molar-refractivity contribution in [3.05, 3.63) is 41.1 Å². The minimum absolute atomic E-state index is 0.0634.